The summed E-state index contributed by atoms with van der Waals surface area (Å²) in [5.74, 6) is 2.84. The van der Waals surface area contributed by atoms with Crippen molar-refractivity contribution in [3.05, 3.63) is 41.8 Å². The predicted octanol–water partition coefficient (Wildman–Crippen LogP) is 2.48. The molecule has 0 unspecified atom stereocenters. The van der Waals surface area contributed by atoms with E-state index < -0.39 is 0 Å². The number of hydrogen-bond acceptors (Lipinski definition) is 6. The standard InChI is InChI=1S/C18H23N5O2/c1-22-15-8-4-3-7-14(15)19-18(22)13-6-5-9-23(10-13)11-17-20-16(12-24-2)21-25-17/h3-4,7-8,13H,5-6,9-12H2,1-2H3/t13-/m1/s1. The maximum absolute atomic E-state index is 5.33. The molecule has 0 spiro atoms. The monoisotopic (exact) mass is 341 g/mol. The fraction of sp³-hybridized carbons (Fsp3) is 0.500. The molecule has 4 rings (SSSR count). The average molecular weight is 341 g/mol. The van der Waals surface area contributed by atoms with Crippen LogP contribution < -0.4 is 0 Å². The Morgan fingerprint density at radius 2 is 2.16 bits per heavy atom. The molecule has 7 nitrogen and oxygen atoms in total. The van der Waals surface area contributed by atoms with E-state index in [2.05, 4.69) is 44.9 Å². The first-order chi connectivity index (χ1) is 12.2. The van der Waals surface area contributed by atoms with Gasteiger partial charge in [0, 0.05) is 26.6 Å². The third kappa shape index (κ3) is 3.29. The number of aromatic nitrogens is 4. The molecule has 132 valence electrons. The molecule has 0 saturated carbocycles. The molecule has 3 aromatic rings. The number of rotatable bonds is 5. The molecule has 25 heavy (non-hydrogen) atoms. The molecule has 2 aromatic heterocycles. The second-order valence-electron chi connectivity index (χ2n) is 6.63. The topological polar surface area (TPSA) is 69.2 Å². The number of nitrogens with zero attached hydrogens (tertiary/aromatic N) is 5. The maximum atomic E-state index is 5.33. The summed E-state index contributed by atoms with van der Waals surface area (Å²) < 4.78 is 12.6. The first-order valence-electron chi connectivity index (χ1n) is 8.68. The van der Waals surface area contributed by atoms with Gasteiger partial charge in [0.1, 0.15) is 12.4 Å². The number of benzene rings is 1. The van der Waals surface area contributed by atoms with E-state index in [0.717, 1.165) is 37.3 Å². The van der Waals surface area contributed by atoms with E-state index in [1.54, 1.807) is 7.11 Å². The van der Waals surface area contributed by atoms with Gasteiger partial charge in [-0.15, -0.1) is 0 Å². The molecule has 1 atom stereocenters. The van der Waals surface area contributed by atoms with Crippen molar-refractivity contribution in [2.75, 3.05) is 20.2 Å². The van der Waals surface area contributed by atoms with Crippen LogP contribution in [-0.4, -0.2) is 44.8 Å². The highest BCUT2D eigenvalue weighted by molar-refractivity contribution is 5.75. The Balaban J connectivity index is 1.49. The molecule has 0 N–H and O–H groups in total. The van der Waals surface area contributed by atoms with E-state index >= 15 is 0 Å². The zero-order chi connectivity index (χ0) is 17.2. The summed E-state index contributed by atoms with van der Waals surface area (Å²) in [5, 5.41) is 3.94. The van der Waals surface area contributed by atoms with Gasteiger partial charge in [0.25, 0.3) is 0 Å². The maximum Gasteiger partial charge on any atom is 0.240 e. The van der Waals surface area contributed by atoms with Crippen LogP contribution in [0.2, 0.25) is 0 Å². The lowest BCUT2D eigenvalue weighted by atomic mass is 9.97. The Kier molecular flexibility index (Phi) is 4.50. The number of aryl methyl sites for hydroxylation is 1. The van der Waals surface area contributed by atoms with Crippen molar-refractivity contribution in [3.63, 3.8) is 0 Å². The highest BCUT2D eigenvalue weighted by Gasteiger charge is 2.26. The Morgan fingerprint density at radius 3 is 3.00 bits per heavy atom. The summed E-state index contributed by atoms with van der Waals surface area (Å²) in [6, 6.07) is 8.31. The molecule has 1 saturated heterocycles. The molecule has 1 aromatic carbocycles. The van der Waals surface area contributed by atoms with Crippen LogP contribution >= 0.6 is 0 Å². The normalized spacial score (nSPS) is 18.9. The lowest BCUT2D eigenvalue weighted by Crippen LogP contribution is -2.34. The van der Waals surface area contributed by atoms with Gasteiger partial charge in [0.05, 0.1) is 17.6 Å². The van der Waals surface area contributed by atoms with Gasteiger partial charge >= 0.3 is 0 Å². The minimum absolute atomic E-state index is 0.381. The molecule has 1 aliphatic heterocycles. The number of hydrogen-bond donors (Lipinski definition) is 0. The van der Waals surface area contributed by atoms with Gasteiger partial charge in [-0.3, -0.25) is 4.90 Å². The van der Waals surface area contributed by atoms with Gasteiger partial charge in [-0.2, -0.15) is 4.98 Å². The van der Waals surface area contributed by atoms with E-state index in [4.69, 9.17) is 14.2 Å². The first kappa shape index (κ1) is 16.2. The van der Waals surface area contributed by atoms with Crippen LogP contribution in [0.5, 0.6) is 0 Å². The smallest absolute Gasteiger partial charge is 0.240 e. The summed E-state index contributed by atoms with van der Waals surface area (Å²) in [6.07, 6.45) is 2.30. The van der Waals surface area contributed by atoms with Crippen LogP contribution in [0.3, 0.4) is 0 Å². The van der Waals surface area contributed by atoms with Crippen molar-refractivity contribution in [3.8, 4) is 0 Å². The molecule has 1 aliphatic rings. The van der Waals surface area contributed by atoms with E-state index in [1.165, 1.54) is 5.52 Å². The van der Waals surface area contributed by atoms with Crippen molar-refractivity contribution in [1.29, 1.82) is 0 Å². The van der Waals surface area contributed by atoms with Crippen LogP contribution in [-0.2, 0) is 24.9 Å². The third-order valence-corrected chi connectivity index (χ3v) is 4.83. The van der Waals surface area contributed by atoms with Gasteiger partial charge in [-0.05, 0) is 31.5 Å². The Labute approximate surface area is 146 Å². The largest absolute Gasteiger partial charge is 0.377 e. The van der Waals surface area contributed by atoms with Crippen molar-refractivity contribution >= 4 is 11.0 Å². The fourth-order valence-corrected chi connectivity index (χ4v) is 3.67. The molecule has 3 heterocycles. The quantitative estimate of drug-likeness (QED) is 0.710. The molecule has 0 aliphatic carbocycles. The lowest BCUT2D eigenvalue weighted by Gasteiger charge is -2.31. The highest BCUT2D eigenvalue weighted by Crippen LogP contribution is 2.29. The molecular formula is C18H23N5O2. The van der Waals surface area contributed by atoms with E-state index in [9.17, 15) is 0 Å². The molecular weight excluding hydrogens is 318 g/mol. The number of imidazole rings is 1. The summed E-state index contributed by atoms with van der Waals surface area (Å²) in [6.45, 7) is 3.06. The zero-order valence-corrected chi connectivity index (χ0v) is 14.7. The first-order valence-corrected chi connectivity index (χ1v) is 8.68. The van der Waals surface area contributed by atoms with E-state index in [0.29, 0.717) is 30.8 Å². The third-order valence-electron chi connectivity index (χ3n) is 4.83. The van der Waals surface area contributed by atoms with Crippen LogP contribution in [0.15, 0.2) is 28.8 Å². The average Bonchev–Trinajstić information content (AvgIpc) is 3.20. The van der Waals surface area contributed by atoms with Crippen molar-refractivity contribution in [2.45, 2.75) is 31.9 Å². The highest BCUT2D eigenvalue weighted by atomic mass is 16.5. The second kappa shape index (κ2) is 6.93. The predicted molar refractivity (Wildman–Crippen MR) is 93.0 cm³/mol. The van der Waals surface area contributed by atoms with Gasteiger partial charge < -0.3 is 13.8 Å². The fourth-order valence-electron chi connectivity index (χ4n) is 3.67. The van der Waals surface area contributed by atoms with Gasteiger partial charge in [0.2, 0.25) is 5.89 Å². The molecule has 0 bridgehead atoms. The number of para-hydroxylation sites is 2. The number of fused-ring (bicyclic) bond motifs is 1. The minimum Gasteiger partial charge on any atom is -0.377 e. The SMILES string of the molecule is COCc1noc(CN2CCC[C@@H](c3nc4ccccc4n3C)C2)n1. The van der Waals surface area contributed by atoms with Crippen molar-refractivity contribution in [2.24, 2.45) is 7.05 Å². The molecule has 0 radical (unpaired) electrons. The molecule has 1 fully saturated rings. The van der Waals surface area contributed by atoms with Crippen LogP contribution in [0.4, 0.5) is 0 Å². The number of methoxy groups -OCH3 is 1. The Hall–Kier alpha value is -2.25. The number of likely N-dealkylation sites (tertiary alicyclic amines) is 1. The number of piperidine rings is 1. The number of ether oxygens (including phenoxy) is 1. The van der Waals surface area contributed by atoms with E-state index in [-0.39, 0.29) is 0 Å². The molecule has 0 amide bonds. The Morgan fingerprint density at radius 1 is 1.28 bits per heavy atom. The summed E-state index contributed by atoms with van der Waals surface area (Å²) in [4.78, 5) is 11.6. The zero-order valence-electron chi connectivity index (χ0n) is 14.7. The summed E-state index contributed by atoms with van der Waals surface area (Å²) in [7, 11) is 3.74. The van der Waals surface area contributed by atoms with Crippen molar-refractivity contribution in [1.82, 2.24) is 24.6 Å². The summed E-state index contributed by atoms with van der Waals surface area (Å²) >= 11 is 0. The van der Waals surface area contributed by atoms with Gasteiger partial charge in [-0.1, -0.05) is 17.3 Å². The Bertz CT molecular complexity index is 856. The van der Waals surface area contributed by atoms with Crippen LogP contribution in [0.1, 0.15) is 36.3 Å². The lowest BCUT2D eigenvalue weighted by molar-refractivity contribution is 0.170. The van der Waals surface area contributed by atoms with E-state index in [1.807, 2.05) is 6.07 Å². The van der Waals surface area contributed by atoms with Crippen LogP contribution in [0, 0.1) is 0 Å². The van der Waals surface area contributed by atoms with Crippen LogP contribution in [0.25, 0.3) is 11.0 Å². The minimum atomic E-state index is 0.381. The van der Waals surface area contributed by atoms with Gasteiger partial charge in [0.15, 0.2) is 5.82 Å². The summed E-state index contributed by atoms with van der Waals surface area (Å²) in [5.41, 5.74) is 2.26. The molecule has 7 heteroatoms. The van der Waals surface area contributed by atoms with Crippen molar-refractivity contribution < 1.29 is 9.26 Å². The second-order valence-corrected chi connectivity index (χ2v) is 6.63. The van der Waals surface area contributed by atoms with Gasteiger partial charge in [-0.25, -0.2) is 4.98 Å².